The topological polar surface area (TPSA) is 52.3 Å². The van der Waals surface area contributed by atoms with Crippen molar-refractivity contribution in [3.05, 3.63) is 0 Å². The Balaban J connectivity index is 0.00000225. The van der Waals surface area contributed by atoms with E-state index in [1.54, 1.807) is 0 Å². The maximum Gasteiger partial charge on any atom is 0.306 e. The van der Waals surface area contributed by atoms with Gasteiger partial charge in [-0.25, -0.2) is 0 Å². The first-order valence-electron chi connectivity index (χ1n) is 6.12. The highest BCUT2D eigenvalue weighted by atomic mass is 35.5. The van der Waals surface area contributed by atoms with Crippen LogP contribution in [0.25, 0.3) is 0 Å². The molecule has 0 unspecified atom stereocenters. The van der Waals surface area contributed by atoms with Gasteiger partial charge in [0, 0.05) is 6.42 Å². The lowest BCUT2D eigenvalue weighted by molar-refractivity contribution is -0.144. The summed E-state index contributed by atoms with van der Waals surface area (Å²) in [6.07, 6.45) is 6.57. The number of hydrogen-bond donors (Lipinski definition) is 1. The molecule has 0 aromatic carbocycles. The first-order valence-corrected chi connectivity index (χ1v) is 6.12. The van der Waals surface area contributed by atoms with Gasteiger partial charge in [-0.05, 0) is 44.6 Å². The summed E-state index contributed by atoms with van der Waals surface area (Å²) in [6, 6.07) is 0. The van der Waals surface area contributed by atoms with Crippen molar-refractivity contribution in [3.8, 4) is 0 Å². The third-order valence-electron chi connectivity index (χ3n) is 3.30. The van der Waals surface area contributed by atoms with Crippen LogP contribution in [0.5, 0.6) is 0 Å². The highest BCUT2D eigenvalue weighted by Gasteiger charge is 2.22. The fourth-order valence-electron chi connectivity index (χ4n) is 2.42. The summed E-state index contributed by atoms with van der Waals surface area (Å²) in [7, 11) is 0. The molecule has 0 amide bonds. The molecule has 0 heterocycles. The summed E-state index contributed by atoms with van der Waals surface area (Å²) in [6.45, 7) is 3.16. The zero-order valence-electron chi connectivity index (χ0n) is 10.1. The highest BCUT2D eigenvalue weighted by Crippen LogP contribution is 2.32. The van der Waals surface area contributed by atoms with Gasteiger partial charge in [-0.1, -0.05) is 12.8 Å². The summed E-state index contributed by atoms with van der Waals surface area (Å²) in [5, 5.41) is 0. The van der Waals surface area contributed by atoms with Crippen LogP contribution < -0.4 is 5.73 Å². The van der Waals surface area contributed by atoms with Gasteiger partial charge >= 0.3 is 5.97 Å². The number of esters is 1. The number of ether oxygens (including phenoxy) is 1. The summed E-state index contributed by atoms with van der Waals surface area (Å²) in [5.74, 6) is 1.33. The van der Waals surface area contributed by atoms with Gasteiger partial charge in [0.1, 0.15) is 0 Å². The van der Waals surface area contributed by atoms with Crippen LogP contribution in [-0.2, 0) is 9.53 Å². The van der Waals surface area contributed by atoms with Crippen molar-refractivity contribution in [2.75, 3.05) is 13.2 Å². The molecule has 4 heteroatoms. The average Bonchev–Trinajstić information content (AvgIpc) is 2.22. The van der Waals surface area contributed by atoms with Crippen molar-refractivity contribution in [3.63, 3.8) is 0 Å². The van der Waals surface area contributed by atoms with E-state index in [-0.39, 0.29) is 18.4 Å². The van der Waals surface area contributed by atoms with E-state index in [0.717, 1.165) is 18.9 Å². The van der Waals surface area contributed by atoms with Crippen LogP contribution in [0.3, 0.4) is 0 Å². The van der Waals surface area contributed by atoms with Gasteiger partial charge in [0.2, 0.25) is 0 Å². The number of halogens is 1. The molecule has 2 N–H and O–H groups in total. The zero-order valence-corrected chi connectivity index (χ0v) is 10.9. The standard InChI is InChI=1S/C12H23NO2.ClH/c1-2-15-12(14)9-11-5-3-10(4-6-11)7-8-13;/h10-11H,2-9,13H2,1H3;1H. The van der Waals surface area contributed by atoms with E-state index in [9.17, 15) is 4.79 Å². The second-order valence-electron chi connectivity index (χ2n) is 4.47. The largest absolute Gasteiger partial charge is 0.466 e. The van der Waals surface area contributed by atoms with Crippen LogP contribution in [0.15, 0.2) is 0 Å². The predicted molar refractivity (Wildman–Crippen MR) is 67.6 cm³/mol. The van der Waals surface area contributed by atoms with Crippen LogP contribution in [-0.4, -0.2) is 19.1 Å². The molecule has 0 spiro atoms. The third kappa shape index (κ3) is 5.71. The molecule has 1 aliphatic rings. The molecule has 0 aromatic rings. The molecule has 1 saturated carbocycles. The Morgan fingerprint density at radius 2 is 1.81 bits per heavy atom. The second kappa shape index (κ2) is 8.82. The minimum atomic E-state index is -0.0280. The Hall–Kier alpha value is -0.280. The zero-order chi connectivity index (χ0) is 11.1. The summed E-state index contributed by atoms with van der Waals surface area (Å²) in [5.41, 5.74) is 5.54. The average molecular weight is 250 g/mol. The van der Waals surface area contributed by atoms with Crippen molar-refractivity contribution in [2.45, 2.75) is 45.4 Å². The maximum atomic E-state index is 11.3. The van der Waals surface area contributed by atoms with Crippen LogP contribution in [0.1, 0.15) is 45.4 Å². The Morgan fingerprint density at radius 3 is 2.31 bits per heavy atom. The Kier molecular flexibility index (Phi) is 8.67. The lowest BCUT2D eigenvalue weighted by Crippen LogP contribution is -2.20. The minimum absolute atomic E-state index is 0. The van der Waals surface area contributed by atoms with E-state index >= 15 is 0 Å². The SMILES string of the molecule is CCOC(=O)CC1CCC(CCN)CC1.Cl. The van der Waals surface area contributed by atoms with Gasteiger partial charge in [-0.3, -0.25) is 4.79 Å². The number of rotatable bonds is 5. The molecule has 0 aromatic heterocycles. The van der Waals surface area contributed by atoms with E-state index in [4.69, 9.17) is 10.5 Å². The van der Waals surface area contributed by atoms with Gasteiger partial charge in [0.05, 0.1) is 6.61 Å². The molecular weight excluding hydrogens is 226 g/mol. The number of carbonyl (C=O) groups is 1. The van der Waals surface area contributed by atoms with Gasteiger partial charge in [-0.15, -0.1) is 12.4 Å². The van der Waals surface area contributed by atoms with Crippen molar-refractivity contribution < 1.29 is 9.53 Å². The van der Waals surface area contributed by atoms with Crippen molar-refractivity contribution in [1.82, 2.24) is 0 Å². The van der Waals surface area contributed by atoms with E-state index in [1.165, 1.54) is 25.7 Å². The molecule has 16 heavy (non-hydrogen) atoms. The van der Waals surface area contributed by atoms with E-state index < -0.39 is 0 Å². The first-order chi connectivity index (χ1) is 7.26. The minimum Gasteiger partial charge on any atom is -0.466 e. The molecule has 0 radical (unpaired) electrons. The van der Waals surface area contributed by atoms with Crippen molar-refractivity contribution in [1.29, 1.82) is 0 Å². The van der Waals surface area contributed by atoms with E-state index in [1.807, 2.05) is 6.92 Å². The molecule has 0 atom stereocenters. The smallest absolute Gasteiger partial charge is 0.306 e. The monoisotopic (exact) mass is 249 g/mol. The number of hydrogen-bond acceptors (Lipinski definition) is 3. The van der Waals surface area contributed by atoms with E-state index in [2.05, 4.69) is 0 Å². The predicted octanol–water partition coefficient (Wildman–Crippen LogP) is 2.52. The van der Waals surface area contributed by atoms with Crippen LogP contribution in [0.2, 0.25) is 0 Å². The molecular formula is C12H24ClNO2. The normalized spacial score (nSPS) is 24.6. The molecule has 96 valence electrons. The molecule has 0 saturated heterocycles. The molecule has 0 aliphatic heterocycles. The number of carbonyl (C=O) groups excluding carboxylic acids is 1. The van der Waals surface area contributed by atoms with Crippen LogP contribution in [0, 0.1) is 11.8 Å². The third-order valence-corrected chi connectivity index (χ3v) is 3.30. The van der Waals surface area contributed by atoms with E-state index in [0.29, 0.717) is 18.9 Å². The fourth-order valence-corrected chi connectivity index (χ4v) is 2.42. The van der Waals surface area contributed by atoms with Crippen LogP contribution >= 0.6 is 12.4 Å². The Morgan fingerprint density at radius 1 is 1.25 bits per heavy atom. The lowest BCUT2D eigenvalue weighted by atomic mass is 9.79. The summed E-state index contributed by atoms with van der Waals surface area (Å²) < 4.78 is 4.96. The molecule has 1 fully saturated rings. The summed E-state index contributed by atoms with van der Waals surface area (Å²) >= 11 is 0. The van der Waals surface area contributed by atoms with Gasteiger partial charge in [-0.2, -0.15) is 0 Å². The first kappa shape index (κ1) is 15.7. The lowest BCUT2D eigenvalue weighted by Gasteiger charge is -2.27. The van der Waals surface area contributed by atoms with Gasteiger partial charge in [0.15, 0.2) is 0 Å². The Labute approximate surface area is 105 Å². The summed E-state index contributed by atoms with van der Waals surface area (Å²) in [4.78, 5) is 11.3. The molecule has 1 rings (SSSR count). The highest BCUT2D eigenvalue weighted by molar-refractivity contribution is 5.85. The molecule has 1 aliphatic carbocycles. The quantitative estimate of drug-likeness (QED) is 0.762. The van der Waals surface area contributed by atoms with Gasteiger partial charge in [0.25, 0.3) is 0 Å². The van der Waals surface area contributed by atoms with Crippen molar-refractivity contribution >= 4 is 18.4 Å². The maximum absolute atomic E-state index is 11.3. The van der Waals surface area contributed by atoms with Gasteiger partial charge < -0.3 is 10.5 Å². The fraction of sp³-hybridized carbons (Fsp3) is 0.917. The van der Waals surface area contributed by atoms with Crippen LogP contribution in [0.4, 0.5) is 0 Å². The Bertz CT molecular complexity index is 191. The molecule has 3 nitrogen and oxygen atoms in total. The second-order valence-corrected chi connectivity index (χ2v) is 4.47. The number of nitrogens with two attached hydrogens (primary N) is 1. The van der Waals surface area contributed by atoms with Crippen molar-refractivity contribution in [2.24, 2.45) is 17.6 Å². The molecule has 0 bridgehead atoms.